The minimum atomic E-state index is 0.504. The number of hydrogen-bond donors (Lipinski definition) is 1. The lowest BCUT2D eigenvalue weighted by molar-refractivity contribution is 0.122. The minimum absolute atomic E-state index is 0.504. The summed E-state index contributed by atoms with van der Waals surface area (Å²) in [6.45, 7) is 7.48. The molecule has 1 aromatic rings. The number of rotatable bonds is 5. The second-order valence-electron chi connectivity index (χ2n) is 4.43. The van der Waals surface area contributed by atoms with Crippen LogP contribution in [-0.2, 0) is 4.74 Å². The highest BCUT2D eigenvalue weighted by Gasteiger charge is 2.17. The van der Waals surface area contributed by atoms with E-state index in [1.54, 1.807) is 11.8 Å². The van der Waals surface area contributed by atoms with Crippen LogP contribution in [0.25, 0.3) is 0 Å². The van der Waals surface area contributed by atoms with Crippen LogP contribution >= 0.6 is 11.8 Å². The lowest BCUT2D eigenvalue weighted by atomic mass is 10.4. The molecule has 1 unspecified atom stereocenters. The van der Waals surface area contributed by atoms with Crippen molar-refractivity contribution in [3.05, 3.63) is 0 Å². The van der Waals surface area contributed by atoms with E-state index in [4.69, 9.17) is 4.74 Å². The summed E-state index contributed by atoms with van der Waals surface area (Å²) in [5.41, 5.74) is 0. The van der Waals surface area contributed by atoms with E-state index < -0.39 is 0 Å². The molecule has 106 valence electrons. The van der Waals surface area contributed by atoms with Crippen molar-refractivity contribution in [2.75, 3.05) is 43.6 Å². The Morgan fingerprint density at radius 3 is 2.68 bits per heavy atom. The second-order valence-corrected chi connectivity index (χ2v) is 5.83. The fourth-order valence-electron chi connectivity index (χ4n) is 1.68. The molecule has 0 bridgehead atoms. The van der Waals surface area contributed by atoms with Crippen LogP contribution in [0.2, 0.25) is 0 Å². The van der Waals surface area contributed by atoms with Gasteiger partial charge in [0, 0.05) is 25.4 Å². The lowest BCUT2D eigenvalue weighted by Gasteiger charge is -2.27. The Labute approximate surface area is 118 Å². The van der Waals surface area contributed by atoms with Gasteiger partial charge in [0.1, 0.15) is 0 Å². The topological polar surface area (TPSA) is 63.2 Å². The van der Waals surface area contributed by atoms with Gasteiger partial charge >= 0.3 is 0 Å². The van der Waals surface area contributed by atoms with Crippen LogP contribution < -0.4 is 10.2 Å². The molecule has 0 amide bonds. The average Bonchev–Trinajstić information content (AvgIpc) is 2.47. The van der Waals surface area contributed by atoms with Crippen molar-refractivity contribution in [2.24, 2.45) is 0 Å². The van der Waals surface area contributed by atoms with E-state index >= 15 is 0 Å². The summed E-state index contributed by atoms with van der Waals surface area (Å²) in [5.74, 6) is 1.37. The molecule has 1 aromatic heterocycles. The summed E-state index contributed by atoms with van der Waals surface area (Å²) in [6.07, 6.45) is 1.10. The molecule has 0 radical (unpaired) electrons. The Hall–Kier alpha value is -1.08. The van der Waals surface area contributed by atoms with Crippen molar-refractivity contribution in [3.8, 4) is 0 Å². The molecule has 1 aliphatic heterocycles. The van der Waals surface area contributed by atoms with E-state index in [1.807, 2.05) is 7.05 Å². The number of ether oxygens (including phenoxy) is 1. The molecule has 19 heavy (non-hydrogen) atoms. The molecule has 2 rings (SSSR count). The summed E-state index contributed by atoms with van der Waals surface area (Å²) in [6, 6.07) is 0. The molecular weight excluding hydrogens is 262 g/mol. The fraction of sp³-hybridized carbons (Fsp3) is 0.750. The molecule has 1 fully saturated rings. The number of aromatic nitrogens is 3. The number of thioether (sulfide) groups is 1. The van der Waals surface area contributed by atoms with E-state index in [1.165, 1.54) is 0 Å². The van der Waals surface area contributed by atoms with Crippen LogP contribution in [-0.4, -0.2) is 53.6 Å². The van der Waals surface area contributed by atoms with Gasteiger partial charge in [-0.15, -0.1) is 0 Å². The van der Waals surface area contributed by atoms with Crippen LogP contribution in [0.15, 0.2) is 5.16 Å². The quantitative estimate of drug-likeness (QED) is 0.824. The highest BCUT2D eigenvalue weighted by atomic mass is 32.2. The highest BCUT2D eigenvalue weighted by Crippen LogP contribution is 2.24. The van der Waals surface area contributed by atoms with E-state index in [2.05, 4.69) is 39.0 Å². The van der Waals surface area contributed by atoms with Crippen molar-refractivity contribution in [1.29, 1.82) is 0 Å². The third-order valence-electron chi connectivity index (χ3n) is 3.00. The molecule has 1 N–H and O–H groups in total. The molecule has 0 aliphatic carbocycles. The molecule has 2 heterocycles. The number of anilines is 2. The monoisotopic (exact) mass is 283 g/mol. The first-order valence-electron chi connectivity index (χ1n) is 6.66. The standard InChI is InChI=1S/C12H21N5OS/c1-4-9(2)19-12-15-10(13-3)14-11(16-12)17-5-7-18-8-6-17/h9H,4-8H2,1-3H3,(H,13,14,15,16). The molecule has 7 heteroatoms. The fourth-order valence-corrected chi connectivity index (χ4v) is 2.48. The predicted molar refractivity (Wildman–Crippen MR) is 78.0 cm³/mol. The summed E-state index contributed by atoms with van der Waals surface area (Å²) >= 11 is 1.69. The van der Waals surface area contributed by atoms with Gasteiger partial charge in [-0.05, 0) is 6.42 Å². The molecule has 0 saturated carbocycles. The summed E-state index contributed by atoms with van der Waals surface area (Å²) in [7, 11) is 1.83. The van der Waals surface area contributed by atoms with Gasteiger partial charge in [-0.25, -0.2) is 0 Å². The van der Waals surface area contributed by atoms with Crippen LogP contribution in [0.4, 0.5) is 11.9 Å². The Kier molecular flexibility index (Phi) is 5.21. The predicted octanol–water partition coefficient (Wildman–Crippen LogP) is 1.64. The maximum atomic E-state index is 5.36. The first-order valence-corrected chi connectivity index (χ1v) is 7.54. The Bertz CT molecular complexity index is 411. The Balaban J connectivity index is 2.19. The summed E-state index contributed by atoms with van der Waals surface area (Å²) in [5, 5.41) is 4.30. The van der Waals surface area contributed by atoms with Crippen LogP contribution in [0, 0.1) is 0 Å². The van der Waals surface area contributed by atoms with Crippen LogP contribution in [0.3, 0.4) is 0 Å². The highest BCUT2D eigenvalue weighted by molar-refractivity contribution is 7.99. The molecular formula is C12H21N5OS. The van der Waals surface area contributed by atoms with Gasteiger partial charge < -0.3 is 15.0 Å². The number of nitrogens with one attached hydrogen (secondary N) is 1. The second kappa shape index (κ2) is 6.91. The maximum absolute atomic E-state index is 5.36. The normalized spacial score (nSPS) is 17.3. The van der Waals surface area contributed by atoms with Crippen LogP contribution in [0.5, 0.6) is 0 Å². The van der Waals surface area contributed by atoms with E-state index in [9.17, 15) is 0 Å². The van der Waals surface area contributed by atoms with Crippen molar-refractivity contribution >= 4 is 23.7 Å². The summed E-state index contributed by atoms with van der Waals surface area (Å²) in [4.78, 5) is 15.5. The smallest absolute Gasteiger partial charge is 0.231 e. The lowest BCUT2D eigenvalue weighted by Crippen LogP contribution is -2.37. The van der Waals surface area contributed by atoms with Crippen molar-refractivity contribution in [1.82, 2.24) is 15.0 Å². The van der Waals surface area contributed by atoms with Gasteiger partial charge in [-0.2, -0.15) is 15.0 Å². The molecule has 0 spiro atoms. The van der Waals surface area contributed by atoms with Gasteiger partial charge in [0.25, 0.3) is 0 Å². The molecule has 0 aromatic carbocycles. The minimum Gasteiger partial charge on any atom is -0.378 e. The van der Waals surface area contributed by atoms with E-state index in [0.717, 1.165) is 43.8 Å². The molecule has 1 atom stereocenters. The maximum Gasteiger partial charge on any atom is 0.231 e. The van der Waals surface area contributed by atoms with Gasteiger partial charge in [-0.3, -0.25) is 0 Å². The van der Waals surface area contributed by atoms with Crippen molar-refractivity contribution in [3.63, 3.8) is 0 Å². The van der Waals surface area contributed by atoms with Gasteiger partial charge in [0.2, 0.25) is 11.9 Å². The zero-order chi connectivity index (χ0) is 13.7. The van der Waals surface area contributed by atoms with Crippen molar-refractivity contribution in [2.45, 2.75) is 30.7 Å². The average molecular weight is 283 g/mol. The third kappa shape index (κ3) is 3.94. The zero-order valence-electron chi connectivity index (χ0n) is 11.7. The molecule has 1 aliphatic rings. The number of hydrogen-bond acceptors (Lipinski definition) is 7. The number of morpholine rings is 1. The van der Waals surface area contributed by atoms with Gasteiger partial charge in [-0.1, -0.05) is 25.6 Å². The zero-order valence-corrected chi connectivity index (χ0v) is 12.5. The van der Waals surface area contributed by atoms with Gasteiger partial charge in [0.05, 0.1) is 13.2 Å². The third-order valence-corrected chi connectivity index (χ3v) is 4.13. The summed E-state index contributed by atoms with van der Waals surface area (Å²) < 4.78 is 5.36. The Morgan fingerprint density at radius 2 is 2.05 bits per heavy atom. The van der Waals surface area contributed by atoms with E-state index in [-0.39, 0.29) is 0 Å². The van der Waals surface area contributed by atoms with Crippen LogP contribution in [0.1, 0.15) is 20.3 Å². The Morgan fingerprint density at radius 1 is 1.32 bits per heavy atom. The SMILES string of the molecule is CCC(C)Sc1nc(NC)nc(N2CCOCC2)n1. The van der Waals surface area contributed by atoms with Gasteiger partial charge in [0.15, 0.2) is 5.16 Å². The molecule has 1 saturated heterocycles. The van der Waals surface area contributed by atoms with Crippen molar-refractivity contribution < 1.29 is 4.74 Å². The largest absolute Gasteiger partial charge is 0.378 e. The van der Waals surface area contributed by atoms with E-state index in [0.29, 0.717) is 11.2 Å². The first-order chi connectivity index (χ1) is 9.22. The number of nitrogens with zero attached hydrogens (tertiary/aromatic N) is 4. The molecule has 6 nitrogen and oxygen atoms in total. The first kappa shape index (κ1) is 14.3.